The van der Waals surface area contributed by atoms with E-state index in [0.717, 1.165) is 17.6 Å². The summed E-state index contributed by atoms with van der Waals surface area (Å²) in [6, 6.07) is 0. The Morgan fingerprint density at radius 1 is 1.32 bits per heavy atom. The van der Waals surface area contributed by atoms with Crippen molar-refractivity contribution < 1.29 is 28.6 Å². The number of rotatable bonds is 4. The first-order valence-electron chi connectivity index (χ1n) is 10.0. The summed E-state index contributed by atoms with van der Waals surface area (Å²) in [6.07, 6.45) is 0.783. The van der Waals surface area contributed by atoms with Crippen LogP contribution in [0.25, 0.3) is 0 Å². The SMILES string of the molecule is C=C1C(=O)O[C@@H]2CC(C)=C3CC[C@H](OC(C)=O)[C@@]3(C)[C@H](OC(=O)CC(C)C)[C@H]12. The summed E-state index contributed by atoms with van der Waals surface area (Å²) in [7, 11) is 0. The molecule has 6 heteroatoms. The van der Waals surface area contributed by atoms with Gasteiger partial charge in [0.05, 0.1) is 11.3 Å². The van der Waals surface area contributed by atoms with Gasteiger partial charge in [-0.25, -0.2) is 4.79 Å². The van der Waals surface area contributed by atoms with Crippen LogP contribution in [-0.4, -0.2) is 36.2 Å². The molecule has 1 aliphatic heterocycles. The van der Waals surface area contributed by atoms with Crippen LogP contribution in [0.1, 0.15) is 60.3 Å². The maximum Gasteiger partial charge on any atom is 0.334 e. The number of carbonyl (C=O) groups is 3. The smallest absolute Gasteiger partial charge is 0.334 e. The molecule has 6 nitrogen and oxygen atoms in total. The van der Waals surface area contributed by atoms with Gasteiger partial charge in [-0.2, -0.15) is 0 Å². The molecule has 0 radical (unpaired) electrons. The average Bonchev–Trinajstić information content (AvgIpc) is 3.00. The molecule has 1 heterocycles. The Balaban J connectivity index is 2.08. The molecule has 0 spiro atoms. The Labute approximate surface area is 166 Å². The van der Waals surface area contributed by atoms with E-state index in [9.17, 15) is 14.4 Å². The summed E-state index contributed by atoms with van der Waals surface area (Å²) < 4.78 is 17.3. The van der Waals surface area contributed by atoms with E-state index in [0.29, 0.717) is 18.4 Å². The first kappa shape index (κ1) is 20.6. The van der Waals surface area contributed by atoms with Crippen molar-refractivity contribution in [2.24, 2.45) is 17.3 Å². The quantitative estimate of drug-likeness (QED) is 0.316. The number of esters is 3. The minimum Gasteiger partial charge on any atom is -0.461 e. The Morgan fingerprint density at radius 2 is 2.00 bits per heavy atom. The van der Waals surface area contributed by atoms with Gasteiger partial charge in [-0.1, -0.05) is 31.6 Å². The van der Waals surface area contributed by atoms with E-state index in [1.807, 2.05) is 27.7 Å². The fourth-order valence-electron chi connectivity index (χ4n) is 5.16. The molecule has 1 saturated heterocycles. The third-order valence-corrected chi connectivity index (χ3v) is 6.38. The zero-order chi connectivity index (χ0) is 20.8. The third kappa shape index (κ3) is 3.38. The number of ether oxygens (including phenoxy) is 3. The molecule has 0 N–H and O–H groups in total. The van der Waals surface area contributed by atoms with Crippen LogP contribution in [0.15, 0.2) is 23.3 Å². The molecule has 0 unspecified atom stereocenters. The molecule has 0 bridgehead atoms. The van der Waals surface area contributed by atoms with Crippen LogP contribution in [0.4, 0.5) is 0 Å². The lowest BCUT2D eigenvalue weighted by Gasteiger charge is -2.41. The van der Waals surface area contributed by atoms with Gasteiger partial charge in [0, 0.05) is 25.3 Å². The van der Waals surface area contributed by atoms with Crippen molar-refractivity contribution in [3.63, 3.8) is 0 Å². The van der Waals surface area contributed by atoms with Gasteiger partial charge in [0.25, 0.3) is 0 Å². The van der Waals surface area contributed by atoms with Gasteiger partial charge >= 0.3 is 17.9 Å². The lowest BCUT2D eigenvalue weighted by molar-refractivity contribution is -0.171. The summed E-state index contributed by atoms with van der Waals surface area (Å²) >= 11 is 0. The van der Waals surface area contributed by atoms with Gasteiger partial charge in [-0.05, 0) is 32.6 Å². The Morgan fingerprint density at radius 3 is 2.61 bits per heavy atom. The van der Waals surface area contributed by atoms with E-state index in [1.165, 1.54) is 6.92 Å². The molecule has 154 valence electrons. The summed E-state index contributed by atoms with van der Waals surface area (Å²) in [5.74, 6) is -1.43. The van der Waals surface area contributed by atoms with E-state index < -0.39 is 35.6 Å². The first-order valence-corrected chi connectivity index (χ1v) is 10.0. The van der Waals surface area contributed by atoms with E-state index in [4.69, 9.17) is 14.2 Å². The van der Waals surface area contributed by atoms with Gasteiger partial charge < -0.3 is 14.2 Å². The molecular formula is C22H30O6. The van der Waals surface area contributed by atoms with Crippen LogP contribution in [0.5, 0.6) is 0 Å². The highest BCUT2D eigenvalue weighted by Gasteiger charge is 2.61. The molecule has 0 amide bonds. The first-order chi connectivity index (χ1) is 13.1. The Bertz CT molecular complexity index is 748. The highest BCUT2D eigenvalue weighted by molar-refractivity contribution is 5.91. The lowest BCUT2D eigenvalue weighted by atomic mass is 9.71. The maximum absolute atomic E-state index is 12.7. The predicted molar refractivity (Wildman–Crippen MR) is 102 cm³/mol. The molecule has 0 aromatic heterocycles. The maximum atomic E-state index is 12.7. The summed E-state index contributed by atoms with van der Waals surface area (Å²) in [5.41, 5.74) is 1.87. The van der Waals surface area contributed by atoms with Crippen LogP contribution in [0, 0.1) is 17.3 Å². The number of hydrogen-bond donors (Lipinski definition) is 0. The number of fused-ring (bicyclic) bond motifs is 2. The zero-order valence-corrected chi connectivity index (χ0v) is 17.4. The second-order valence-electron chi connectivity index (χ2n) is 8.89. The van der Waals surface area contributed by atoms with Crippen molar-refractivity contribution in [3.05, 3.63) is 23.3 Å². The van der Waals surface area contributed by atoms with Gasteiger partial charge in [0.2, 0.25) is 0 Å². The number of carbonyl (C=O) groups excluding carboxylic acids is 3. The van der Waals surface area contributed by atoms with Crippen molar-refractivity contribution in [1.29, 1.82) is 0 Å². The highest BCUT2D eigenvalue weighted by atomic mass is 16.6. The highest BCUT2D eigenvalue weighted by Crippen LogP contribution is 2.56. The van der Waals surface area contributed by atoms with E-state index in [-0.39, 0.29) is 24.3 Å². The standard InChI is InChI=1S/C22H30O6/c1-11(2)9-18(24)28-20-19-13(4)21(25)27-16(19)10-12(3)15-7-8-17(22(15,20)6)26-14(5)23/h11,16-17,19-20H,4,7-10H2,1-3,5-6H3/t16-,17+,19-,20-,22+/m1/s1. The second kappa shape index (κ2) is 7.37. The van der Waals surface area contributed by atoms with Crippen LogP contribution in [0.3, 0.4) is 0 Å². The van der Waals surface area contributed by atoms with Gasteiger partial charge in [0.15, 0.2) is 0 Å². The summed E-state index contributed by atoms with van der Waals surface area (Å²) in [6.45, 7) is 13.2. The molecule has 2 aliphatic carbocycles. The van der Waals surface area contributed by atoms with E-state index >= 15 is 0 Å². The fraction of sp³-hybridized carbons (Fsp3) is 0.682. The molecule has 2 fully saturated rings. The molecule has 3 aliphatic rings. The second-order valence-corrected chi connectivity index (χ2v) is 8.89. The van der Waals surface area contributed by atoms with Crippen molar-refractivity contribution in [2.75, 3.05) is 0 Å². The van der Waals surface area contributed by atoms with Gasteiger partial charge in [-0.3, -0.25) is 9.59 Å². The Kier molecular flexibility index (Phi) is 5.43. The monoisotopic (exact) mass is 390 g/mol. The topological polar surface area (TPSA) is 78.9 Å². The molecule has 3 rings (SSSR count). The van der Waals surface area contributed by atoms with Crippen LogP contribution >= 0.6 is 0 Å². The van der Waals surface area contributed by atoms with Crippen LogP contribution in [-0.2, 0) is 28.6 Å². The molecule has 0 aromatic rings. The van der Waals surface area contributed by atoms with Crippen molar-refractivity contribution >= 4 is 17.9 Å². The lowest BCUT2D eigenvalue weighted by Crippen LogP contribution is -2.49. The normalized spacial score (nSPS) is 34.6. The van der Waals surface area contributed by atoms with E-state index in [2.05, 4.69) is 6.58 Å². The van der Waals surface area contributed by atoms with Gasteiger partial charge in [0.1, 0.15) is 18.3 Å². The largest absolute Gasteiger partial charge is 0.461 e. The average molecular weight is 390 g/mol. The fourth-order valence-corrected chi connectivity index (χ4v) is 5.16. The van der Waals surface area contributed by atoms with Crippen molar-refractivity contribution in [1.82, 2.24) is 0 Å². The summed E-state index contributed by atoms with van der Waals surface area (Å²) in [4.78, 5) is 36.7. The molecule has 28 heavy (non-hydrogen) atoms. The van der Waals surface area contributed by atoms with E-state index in [1.54, 1.807) is 0 Å². The van der Waals surface area contributed by atoms with Gasteiger partial charge in [-0.15, -0.1) is 0 Å². The van der Waals surface area contributed by atoms with Crippen LogP contribution in [0.2, 0.25) is 0 Å². The zero-order valence-electron chi connectivity index (χ0n) is 17.4. The number of hydrogen-bond acceptors (Lipinski definition) is 6. The minimum atomic E-state index is -0.710. The minimum absolute atomic E-state index is 0.149. The molecule has 0 aromatic carbocycles. The molecule has 5 atom stereocenters. The molecular weight excluding hydrogens is 360 g/mol. The summed E-state index contributed by atoms with van der Waals surface area (Å²) in [5, 5.41) is 0. The Hall–Kier alpha value is -2.11. The third-order valence-electron chi connectivity index (χ3n) is 6.38. The van der Waals surface area contributed by atoms with Crippen molar-refractivity contribution in [3.8, 4) is 0 Å². The molecule has 1 saturated carbocycles. The van der Waals surface area contributed by atoms with Crippen LogP contribution < -0.4 is 0 Å². The predicted octanol–water partition coefficient (Wildman–Crippen LogP) is 3.49. The van der Waals surface area contributed by atoms with Crippen molar-refractivity contribution in [2.45, 2.75) is 78.6 Å².